The summed E-state index contributed by atoms with van der Waals surface area (Å²) in [5, 5.41) is 9.10. The fourth-order valence-corrected chi connectivity index (χ4v) is 5.72. The van der Waals surface area contributed by atoms with Crippen molar-refractivity contribution >= 4 is 32.5 Å². The third-order valence-electron chi connectivity index (χ3n) is 5.98. The Hall–Kier alpha value is -3.23. The van der Waals surface area contributed by atoms with Crippen molar-refractivity contribution in [2.75, 3.05) is 13.1 Å². The van der Waals surface area contributed by atoms with E-state index in [-0.39, 0.29) is 23.1 Å². The SMILES string of the molecule is N=C(N)c1cccc(C[C@H](NS(=O)(=O)c2cccc3ccccc23)C(=O)N2CCCCC2)c1. The van der Waals surface area contributed by atoms with Crippen LogP contribution in [0.2, 0.25) is 0 Å². The monoisotopic (exact) mass is 464 g/mol. The molecule has 33 heavy (non-hydrogen) atoms. The molecule has 1 aliphatic heterocycles. The lowest BCUT2D eigenvalue weighted by atomic mass is 10.0. The van der Waals surface area contributed by atoms with Gasteiger partial charge in [-0.3, -0.25) is 10.2 Å². The van der Waals surface area contributed by atoms with E-state index in [1.807, 2.05) is 24.3 Å². The first kappa shape index (κ1) is 22.9. The van der Waals surface area contributed by atoms with Crippen LogP contribution in [0.25, 0.3) is 10.8 Å². The summed E-state index contributed by atoms with van der Waals surface area (Å²) in [5.41, 5.74) is 6.89. The predicted molar refractivity (Wildman–Crippen MR) is 130 cm³/mol. The molecular weight excluding hydrogens is 436 g/mol. The van der Waals surface area contributed by atoms with Gasteiger partial charge in [-0.15, -0.1) is 0 Å². The normalized spacial score (nSPS) is 15.3. The van der Waals surface area contributed by atoms with E-state index < -0.39 is 16.1 Å². The Labute approximate surface area is 194 Å². The molecule has 7 nitrogen and oxygen atoms in total. The molecule has 1 amide bonds. The molecule has 0 spiro atoms. The topological polar surface area (TPSA) is 116 Å². The van der Waals surface area contributed by atoms with Crippen molar-refractivity contribution in [3.8, 4) is 0 Å². The van der Waals surface area contributed by atoms with Crippen molar-refractivity contribution in [3.63, 3.8) is 0 Å². The van der Waals surface area contributed by atoms with Crippen LogP contribution >= 0.6 is 0 Å². The van der Waals surface area contributed by atoms with Crippen molar-refractivity contribution in [1.82, 2.24) is 9.62 Å². The Balaban J connectivity index is 1.68. The number of carbonyl (C=O) groups is 1. The zero-order valence-corrected chi connectivity index (χ0v) is 19.1. The van der Waals surface area contributed by atoms with E-state index in [4.69, 9.17) is 11.1 Å². The third kappa shape index (κ3) is 5.23. The quantitative estimate of drug-likeness (QED) is 0.368. The number of nitrogens with zero attached hydrogens (tertiary/aromatic N) is 1. The van der Waals surface area contributed by atoms with Crippen LogP contribution < -0.4 is 10.5 Å². The lowest BCUT2D eigenvalue weighted by Crippen LogP contribution is -2.51. The number of nitrogens with two attached hydrogens (primary N) is 1. The van der Waals surface area contributed by atoms with Gasteiger partial charge in [0.2, 0.25) is 15.9 Å². The molecule has 1 fully saturated rings. The minimum Gasteiger partial charge on any atom is -0.384 e. The van der Waals surface area contributed by atoms with Crippen molar-refractivity contribution in [2.24, 2.45) is 5.73 Å². The molecule has 0 aromatic heterocycles. The van der Waals surface area contributed by atoms with Gasteiger partial charge in [-0.2, -0.15) is 4.72 Å². The number of nitrogen functional groups attached to an aromatic ring is 1. The van der Waals surface area contributed by atoms with Crippen molar-refractivity contribution in [2.45, 2.75) is 36.6 Å². The summed E-state index contributed by atoms with van der Waals surface area (Å²) < 4.78 is 29.6. The van der Waals surface area contributed by atoms with E-state index in [9.17, 15) is 13.2 Å². The Kier molecular flexibility index (Phi) is 6.76. The van der Waals surface area contributed by atoms with Crippen LogP contribution in [0.3, 0.4) is 0 Å². The van der Waals surface area contributed by atoms with E-state index in [2.05, 4.69) is 4.72 Å². The highest BCUT2D eigenvalue weighted by Gasteiger charge is 2.31. The van der Waals surface area contributed by atoms with E-state index in [1.54, 1.807) is 47.4 Å². The number of carbonyl (C=O) groups excluding carboxylic acids is 1. The number of fused-ring (bicyclic) bond motifs is 1. The van der Waals surface area contributed by atoms with Crippen molar-refractivity contribution in [3.05, 3.63) is 77.9 Å². The molecular formula is C25H28N4O3S. The van der Waals surface area contributed by atoms with Gasteiger partial charge in [0.25, 0.3) is 0 Å². The number of piperidine rings is 1. The Morgan fingerprint density at radius 2 is 1.70 bits per heavy atom. The molecule has 0 radical (unpaired) electrons. The van der Waals surface area contributed by atoms with Crippen LogP contribution in [0, 0.1) is 5.41 Å². The van der Waals surface area contributed by atoms with Crippen LogP contribution in [0.15, 0.2) is 71.6 Å². The molecule has 172 valence electrons. The van der Waals surface area contributed by atoms with E-state index in [1.165, 1.54) is 0 Å². The maximum Gasteiger partial charge on any atom is 0.241 e. The number of benzene rings is 3. The molecule has 3 aromatic carbocycles. The molecule has 1 aliphatic rings. The standard InChI is InChI=1S/C25H28N4O3S/c26-24(27)20-11-6-8-18(16-20)17-22(25(30)29-14-4-1-5-15-29)28-33(31,32)23-13-7-10-19-9-2-3-12-21(19)23/h2-3,6-13,16,22,28H,1,4-5,14-15,17H2,(H3,26,27)/t22-/m0/s1. The van der Waals surface area contributed by atoms with Crippen molar-refractivity contribution in [1.29, 1.82) is 5.41 Å². The van der Waals surface area contributed by atoms with E-state index in [0.29, 0.717) is 24.0 Å². The van der Waals surface area contributed by atoms with E-state index in [0.717, 1.165) is 30.2 Å². The number of amidine groups is 1. The summed E-state index contributed by atoms with van der Waals surface area (Å²) >= 11 is 0. The zero-order chi connectivity index (χ0) is 23.4. The summed E-state index contributed by atoms with van der Waals surface area (Å²) in [4.78, 5) is 15.3. The molecule has 1 atom stereocenters. The molecule has 1 heterocycles. The van der Waals surface area contributed by atoms with Gasteiger partial charge >= 0.3 is 0 Å². The Bertz CT molecular complexity index is 1280. The number of rotatable bonds is 7. The van der Waals surface area contributed by atoms with Gasteiger partial charge in [0.15, 0.2) is 0 Å². The second kappa shape index (κ2) is 9.72. The minimum atomic E-state index is -3.98. The molecule has 0 unspecified atom stereocenters. The largest absolute Gasteiger partial charge is 0.384 e. The second-order valence-electron chi connectivity index (χ2n) is 8.36. The Morgan fingerprint density at radius 1 is 1.00 bits per heavy atom. The van der Waals surface area contributed by atoms with Gasteiger partial charge in [-0.1, -0.05) is 54.6 Å². The van der Waals surface area contributed by atoms with Gasteiger partial charge in [-0.05, 0) is 48.8 Å². The maximum absolute atomic E-state index is 13.5. The van der Waals surface area contributed by atoms with Gasteiger partial charge < -0.3 is 10.6 Å². The summed E-state index contributed by atoms with van der Waals surface area (Å²) in [7, 11) is -3.98. The van der Waals surface area contributed by atoms with Crippen LogP contribution in [-0.4, -0.2) is 44.2 Å². The average molecular weight is 465 g/mol. The Morgan fingerprint density at radius 3 is 2.45 bits per heavy atom. The summed E-state index contributed by atoms with van der Waals surface area (Å²) in [6.45, 7) is 1.25. The number of nitrogens with one attached hydrogen (secondary N) is 2. The minimum absolute atomic E-state index is 0.0768. The van der Waals surface area contributed by atoms with Crippen LogP contribution in [-0.2, 0) is 21.2 Å². The number of hydrogen-bond donors (Lipinski definition) is 3. The predicted octanol–water partition coefficient (Wildman–Crippen LogP) is 3.03. The number of hydrogen-bond acceptors (Lipinski definition) is 4. The molecule has 4 N–H and O–H groups in total. The van der Waals surface area contributed by atoms with Gasteiger partial charge in [0, 0.05) is 24.0 Å². The van der Waals surface area contributed by atoms with Crippen molar-refractivity contribution < 1.29 is 13.2 Å². The first-order valence-corrected chi connectivity index (χ1v) is 12.6. The maximum atomic E-state index is 13.5. The molecule has 8 heteroatoms. The van der Waals surface area contributed by atoms with Gasteiger partial charge in [-0.25, -0.2) is 8.42 Å². The highest BCUT2D eigenvalue weighted by molar-refractivity contribution is 7.89. The molecule has 1 saturated heterocycles. The van der Waals surface area contributed by atoms with Gasteiger partial charge in [0.1, 0.15) is 11.9 Å². The number of likely N-dealkylation sites (tertiary alicyclic amines) is 1. The molecule has 3 aromatic rings. The fourth-order valence-electron chi connectivity index (χ4n) is 4.30. The smallest absolute Gasteiger partial charge is 0.241 e. The first-order valence-electron chi connectivity index (χ1n) is 11.1. The molecule has 0 aliphatic carbocycles. The molecule has 0 saturated carbocycles. The summed E-state index contributed by atoms with van der Waals surface area (Å²) in [6, 6.07) is 18.5. The van der Waals surface area contributed by atoms with Crippen LogP contribution in [0.1, 0.15) is 30.4 Å². The van der Waals surface area contributed by atoms with E-state index >= 15 is 0 Å². The summed E-state index contributed by atoms with van der Waals surface area (Å²) in [5.74, 6) is -0.307. The first-order chi connectivity index (χ1) is 15.8. The summed E-state index contributed by atoms with van der Waals surface area (Å²) in [6.07, 6.45) is 3.06. The lowest BCUT2D eigenvalue weighted by molar-refractivity contribution is -0.133. The zero-order valence-electron chi connectivity index (χ0n) is 18.3. The van der Waals surface area contributed by atoms with Crippen LogP contribution in [0.4, 0.5) is 0 Å². The number of amides is 1. The number of sulfonamides is 1. The third-order valence-corrected chi connectivity index (χ3v) is 7.51. The second-order valence-corrected chi connectivity index (χ2v) is 10.0. The lowest BCUT2D eigenvalue weighted by Gasteiger charge is -2.31. The average Bonchev–Trinajstić information content (AvgIpc) is 2.83. The molecule has 4 rings (SSSR count). The van der Waals surface area contributed by atoms with Crippen LogP contribution in [0.5, 0.6) is 0 Å². The highest BCUT2D eigenvalue weighted by Crippen LogP contribution is 2.24. The fraction of sp³-hybridized carbons (Fsp3) is 0.280. The highest BCUT2D eigenvalue weighted by atomic mass is 32.2. The van der Waals surface area contributed by atoms with Gasteiger partial charge in [0.05, 0.1) is 4.90 Å². The molecule has 0 bridgehead atoms.